The van der Waals surface area contributed by atoms with Crippen molar-refractivity contribution in [3.05, 3.63) is 26.9 Å². The second-order valence-corrected chi connectivity index (χ2v) is 7.33. The summed E-state index contributed by atoms with van der Waals surface area (Å²) in [7, 11) is 1.96. The molecule has 0 bridgehead atoms. The first-order chi connectivity index (χ1) is 8.34. The van der Waals surface area contributed by atoms with Gasteiger partial charge in [-0.05, 0) is 17.4 Å². The van der Waals surface area contributed by atoms with Crippen molar-refractivity contribution in [3.63, 3.8) is 0 Å². The summed E-state index contributed by atoms with van der Waals surface area (Å²) in [5, 5.41) is 1.99. The number of thiazole rings is 1. The molecule has 0 amide bonds. The second kappa shape index (κ2) is 5.08. The Balaban J connectivity index is 2.23. The summed E-state index contributed by atoms with van der Waals surface area (Å²) in [6.45, 7) is 4.32. The monoisotopic (exact) mass is 320 g/mol. The fourth-order valence-corrected chi connectivity index (χ4v) is 3.80. The number of halogens is 2. The first-order valence-corrected chi connectivity index (χ1v) is 7.60. The maximum absolute atomic E-state index is 5.73. The fourth-order valence-electron chi connectivity index (χ4n) is 2.19. The molecule has 0 radical (unpaired) electrons. The van der Waals surface area contributed by atoms with Gasteiger partial charge in [-0.15, -0.1) is 11.3 Å². The summed E-state index contributed by atoms with van der Waals surface area (Å²) in [5.41, 5.74) is 0.0887. The number of aromatic nitrogens is 1. The van der Waals surface area contributed by atoms with Gasteiger partial charge in [0.15, 0.2) is 4.80 Å². The van der Waals surface area contributed by atoms with Gasteiger partial charge < -0.3 is 4.57 Å². The normalized spacial score (nSPS) is 25.9. The van der Waals surface area contributed by atoms with Crippen molar-refractivity contribution in [1.29, 1.82) is 0 Å². The SMILES string of the molecule is Cn1ccsc1=NC(=S)[C@@H]1[C@@H](C=C(Cl)Cl)C1(C)C. The fraction of sp³-hybridized carbons (Fsp3) is 0.500. The summed E-state index contributed by atoms with van der Waals surface area (Å²) in [6.07, 6.45) is 3.83. The predicted octanol–water partition coefficient (Wildman–Crippen LogP) is 3.91. The van der Waals surface area contributed by atoms with Crippen molar-refractivity contribution in [2.45, 2.75) is 13.8 Å². The number of thiocarbonyl (C=S) groups is 1. The molecule has 0 unspecified atom stereocenters. The van der Waals surface area contributed by atoms with E-state index < -0.39 is 0 Å². The predicted molar refractivity (Wildman–Crippen MR) is 82.0 cm³/mol. The smallest absolute Gasteiger partial charge is 0.190 e. The van der Waals surface area contributed by atoms with Gasteiger partial charge in [0, 0.05) is 24.5 Å². The molecule has 2 rings (SSSR count). The van der Waals surface area contributed by atoms with Gasteiger partial charge in [-0.2, -0.15) is 0 Å². The standard InChI is InChI=1S/C12H14Cl2N2S2/c1-12(2)7(6-8(13)14)9(12)10(17)15-11-16(3)4-5-18-11/h4-7,9H,1-3H3/t7-,9+/m1/s1. The lowest BCUT2D eigenvalue weighted by Gasteiger charge is -1.99. The highest BCUT2D eigenvalue weighted by molar-refractivity contribution is 7.80. The molecule has 6 heteroatoms. The highest BCUT2D eigenvalue weighted by Crippen LogP contribution is 2.60. The lowest BCUT2D eigenvalue weighted by Crippen LogP contribution is -2.13. The first-order valence-electron chi connectivity index (χ1n) is 5.55. The van der Waals surface area contributed by atoms with E-state index in [2.05, 4.69) is 18.8 Å². The van der Waals surface area contributed by atoms with Crippen molar-refractivity contribution in [2.24, 2.45) is 29.3 Å². The second-order valence-electron chi connectivity index (χ2n) is 5.03. The van der Waals surface area contributed by atoms with Gasteiger partial charge >= 0.3 is 0 Å². The topological polar surface area (TPSA) is 17.3 Å². The first kappa shape index (κ1) is 14.3. The largest absolute Gasteiger partial charge is 0.327 e. The quantitative estimate of drug-likeness (QED) is 0.755. The summed E-state index contributed by atoms with van der Waals surface area (Å²) < 4.78 is 2.27. The maximum atomic E-state index is 5.73. The third-order valence-electron chi connectivity index (χ3n) is 3.45. The number of rotatable bonds is 2. The van der Waals surface area contributed by atoms with E-state index in [0.717, 1.165) is 9.79 Å². The molecule has 1 fully saturated rings. The summed E-state index contributed by atoms with van der Waals surface area (Å²) in [5.74, 6) is 0.520. The lowest BCUT2D eigenvalue weighted by atomic mass is 10.1. The molecule has 0 saturated heterocycles. The zero-order chi connectivity index (χ0) is 13.5. The Labute approximate surface area is 126 Å². The van der Waals surface area contributed by atoms with Crippen molar-refractivity contribution in [1.82, 2.24) is 4.57 Å². The number of aryl methyl sites for hydroxylation is 1. The Bertz CT molecular complexity index is 565. The highest BCUT2D eigenvalue weighted by Gasteiger charge is 2.58. The van der Waals surface area contributed by atoms with Crippen LogP contribution in [-0.4, -0.2) is 9.56 Å². The maximum Gasteiger partial charge on any atom is 0.190 e. The molecule has 0 aliphatic heterocycles. The minimum atomic E-state index is 0.0887. The Morgan fingerprint density at radius 1 is 1.56 bits per heavy atom. The number of allylic oxidation sites excluding steroid dienone is 1. The van der Waals surface area contributed by atoms with Gasteiger partial charge in [-0.25, -0.2) is 4.99 Å². The molecule has 98 valence electrons. The van der Waals surface area contributed by atoms with E-state index in [9.17, 15) is 0 Å². The Hall–Kier alpha value is -0.160. The van der Waals surface area contributed by atoms with Crippen molar-refractivity contribution >= 4 is 51.7 Å². The highest BCUT2D eigenvalue weighted by atomic mass is 35.5. The van der Waals surface area contributed by atoms with Gasteiger partial charge in [-0.3, -0.25) is 0 Å². The third kappa shape index (κ3) is 2.72. The summed E-state index contributed by atoms with van der Waals surface area (Å²) in [6, 6.07) is 0. The van der Waals surface area contributed by atoms with Crippen LogP contribution < -0.4 is 4.80 Å². The molecule has 1 aromatic heterocycles. The molecule has 18 heavy (non-hydrogen) atoms. The van der Waals surface area contributed by atoms with Crippen molar-refractivity contribution in [2.75, 3.05) is 0 Å². The van der Waals surface area contributed by atoms with E-state index in [1.54, 1.807) is 11.3 Å². The van der Waals surface area contributed by atoms with E-state index in [1.807, 2.05) is 29.3 Å². The number of hydrogen-bond donors (Lipinski definition) is 0. The van der Waals surface area contributed by atoms with Crippen LogP contribution in [0.5, 0.6) is 0 Å². The molecule has 1 aliphatic rings. The molecule has 2 nitrogen and oxygen atoms in total. The molecule has 0 spiro atoms. The minimum Gasteiger partial charge on any atom is -0.327 e. The Kier molecular flexibility index (Phi) is 4.02. The van der Waals surface area contributed by atoms with Gasteiger partial charge in [-0.1, -0.05) is 49.3 Å². The van der Waals surface area contributed by atoms with Crippen LogP contribution in [0.3, 0.4) is 0 Å². The lowest BCUT2D eigenvalue weighted by molar-refractivity contribution is 0.593. The van der Waals surface area contributed by atoms with E-state index >= 15 is 0 Å². The van der Waals surface area contributed by atoms with E-state index in [4.69, 9.17) is 35.4 Å². The summed E-state index contributed by atoms with van der Waals surface area (Å²) >= 11 is 18.5. The molecule has 2 atom stereocenters. The van der Waals surface area contributed by atoms with Gasteiger partial charge in [0.2, 0.25) is 0 Å². The summed E-state index contributed by atoms with van der Waals surface area (Å²) in [4.78, 5) is 6.18. The molecule has 1 aliphatic carbocycles. The molecular formula is C12H14Cl2N2S2. The van der Waals surface area contributed by atoms with Gasteiger partial charge in [0.1, 0.15) is 9.48 Å². The average molecular weight is 321 g/mol. The van der Waals surface area contributed by atoms with Crippen molar-refractivity contribution in [3.8, 4) is 0 Å². The van der Waals surface area contributed by atoms with Crippen LogP contribution in [0.25, 0.3) is 0 Å². The van der Waals surface area contributed by atoms with Crippen molar-refractivity contribution < 1.29 is 0 Å². The number of nitrogens with zero attached hydrogens (tertiary/aromatic N) is 2. The average Bonchev–Trinajstić information content (AvgIpc) is 2.57. The van der Waals surface area contributed by atoms with Crippen LogP contribution in [0.15, 0.2) is 27.1 Å². The van der Waals surface area contributed by atoms with Crippen LogP contribution >= 0.6 is 46.8 Å². The molecule has 1 saturated carbocycles. The Morgan fingerprint density at radius 3 is 2.72 bits per heavy atom. The van der Waals surface area contributed by atoms with Crippen LogP contribution in [0.4, 0.5) is 0 Å². The molecular weight excluding hydrogens is 307 g/mol. The Morgan fingerprint density at radius 2 is 2.22 bits per heavy atom. The molecule has 0 aromatic carbocycles. The van der Waals surface area contributed by atoms with E-state index in [0.29, 0.717) is 4.49 Å². The molecule has 1 heterocycles. The zero-order valence-electron chi connectivity index (χ0n) is 10.4. The molecule has 1 aromatic rings. The van der Waals surface area contributed by atoms with Gasteiger partial charge in [0.05, 0.1) is 0 Å². The third-order valence-corrected chi connectivity index (χ3v) is 4.89. The number of hydrogen-bond acceptors (Lipinski definition) is 2. The molecule has 0 N–H and O–H groups in total. The van der Waals surface area contributed by atoms with E-state index in [-0.39, 0.29) is 17.3 Å². The van der Waals surface area contributed by atoms with Crippen LogP contribution in [-0.2, 0) is 7.05 Å². The van der Waals surface area contributed by atoms with Gasteiger partial charge in [0.25, 0.3) is 0 Å². The zero-order valence-corrected chi connectivity index (χ0v) is 13.5. The van der Waals surface area contributed by atoms with Crippen LogP contribution in [0.1, 0.15) is 13.8 Å². The minimum absolute atomic E-state index is 0.0887. The van der Waals surface area contributed by atoms with Crippen LogP contribution in [0, 0.1) is 17.3 Å². The van der Waals surface area contributed by atoms with E-state index in [1.165, 1.54) is 0 Å². The van der Waals surface area contributed by atoms with Crippen LogP contribution in [0.2, 0.25) is 0 Å².